The number of nitrogen functional groups attached to an aromatic ring is 1. The number of nitrogens with zero attached hydrogens (tertiary/aromatic N) is 1. The number of rotatable bonds is 2. The molecular formula is C15H10Cl3N3. The number of pyridine rings is 1. The monoisotopic (exact) mass is 337 g/mol. The maximum absolute atomic E-state index is 6.19. The molecule has 0 atom stereocenters. The molecule has 3 N–H and O–H groups in total. The van der Waals surface area contributed by atoms with E-state index in [4.69, 9.17) is 40.5 Å². The van der Waals surface area contributed by atoms with Crippen LogP contribution in [-0.2, 0) is 0 Å². The Kier molecular flexibility index (Phi) is 3.81. The Balaban J connectivity index is 2.11. The van der Waals surface area contributed by atoms with Gasteiger partial charge in [-0.15, -0.1) is 0 Å². The molecular weight excluding hydrogens is 329 g/mol. The van der Waals surface area contributed by atoms with Crippen molar-refractivity contribution < 1.29 is 0 Å². The standard InChI is InChI=1S/C15H10Cl3N3/c16-10-5-12(18)15(6-11(10)17)21-14-2-1-13(19)9-7-20-4-3-8(9)14/h1-7,21H,19H2. The molecule has 0 spiro atoms. The van der Waals surface area contributed by atoms with E-state index in [1.165, 1.54) is 0 Å². The Morgan fingerprint density at radius 1 is 0.857 bits per heavy atom. The van der Waals surface area contributed by atoms with E-state index in [9.17, 15) is 0 Å². The van der Waals surface area contributed by atoms with Crippen molar-refractivity contribution in [2.45, 2.75) is 0 Å². The first kappa shape index (κ1) is 14.3. The highest BCUT2D eigenvalue weighted by Gasteiger charge is 2.09. The molecule has 0 aliphatic heterocycles. The second-order valence-corrected chi connectivity index (χ2v) is 5.72. The molecule has 3 aromatic rings. The van der Waals surface area contributed by atoms with Crippen LogP contribution in [-0.4, -0.2) is 4.98 Å². The predicted molar refractivity (Wildman–Crippen MR) is 90.9 cm³/mol. The van der Waals surface area contributed by atoms with Gasteiger partial charge in [0.25, 0.3) is 0 Å². The smallest absolute Gasteiger partial charge is 0.0656 e. The molecule has 0 bridgehead atoms. The second kappa shape index (κ2) is 5.60. The van der Waals surface area contributed by atoms with Gasteiger partial charge in [-0.1, -0.05) is 34.8 Å². The van der Waals surface area contributed by atoms with Gasteiger partial charge < -0.3 is 11.1 Å². The normalized spacial score (nSPS) is 10.8. The first-order valence-corrected chi connectivity index (χ1v) is 7.23. The summed E-state index contributed by atoms with van der Waals surface area (Å²) in [7, 11) is 0. The van der Waals surface area contributed by atoms with Gasteiger partial charge in [0.05, 0.1) is 20.8 Å². The zero-order chi connectivity index (χ0) is 15.0. The number of nitrogens with one attached hydrogen (secondary N) is 1. The number of aromatic nitrogens is 1. The summed E-state index contributed by atoms with van der Waals surface area (Å²) >= 11 is 18.2. The van der Waals surface area contributed by atoms with Gasteiger partial charge in [0, 0.05) is 34.5 Å². The van der Waals surface area contributed by atoms with Crippen molar-refractivity contribution in [2.24, 2.45) is 0 Å². The predicted octanol–water partition coefficient (Wildman–Crippen LogP) is 5.52. The van der Waals surface area contributed by atoms with Crippen LogP contribution in [0.25, 0.3) is 10.8 Å². The van der Waals surface area contributed by atoms with Crippen molar-refractivity contribution in [1.82, 2.24) is 4.98 Å². The highest BCUT2D eigenvalue weighted by molar-refractivity contribution is 6.44. The number of hydrogen-bond acceptors (Lipinski definition) is 3. The maximum atomic E-state index is 6.19. The molecule has 0 fully saturated rings. The fraction of sp³-hybridized carbons (Fsp3) is 0. The van der Waals surface area contributed by atoms with Crippen molar-refractivity contribution >= 4 is 62.6 Å². The molecule has 1 heterocycles. The first-order valence-electron chi connectivity index (χ1n) is 6.10. The van der Waals surface area contributed by atoms with Gasteiger partial charge in [-0.2, -0.15) is 0 Å². The minimum absolute atomic E-state index is 0.415. The molecule has 0 radical (unpaired) electrons. The van der Waals surface area contributed by atoms with Crippen LogP contribution >= 0.6 is 34.8 Å². The van der Waals surface area contributed by atoms with Gasteiger partial charge in [-0.25, -0.2) is 0 Å². The number of halogens is 3. The van der Waals surface area contributed by atoms with Crippen molar-refractivity contribution in [2.75, 3.05) is 11.1 Å². The van der Waals surface area contributed by atoms with Crippen LogP contribution in [0.3, 0.4) is 0 Å². The zero-order valence-electron chi connectivity index (χ0n) is 10.7. The van der Waals surface area contributed by atoms with E-state index >= 15 is 0 Å². The molecule has 6 heteroatoms. The van der Waals surface area contributed by atoms with Crippen LogP contribution in [0.2, 0.25) is 15.1 Å². The Morgan fingerprint density at radius 2 is 1.62 bits per heavy atom. The SMILES string of the molecule is Nc1ccc(Nc2cc(Cl)c(Cl)cc2Cl)c2ccncc12. The van der Waals surface area contributed by atoms with Gasteiger partial charge in [-0.3, -0.25) is 4.98 Å². The number of anilines is 3. The summed E-state index contributed by atoms with van der Waals surface area (Å²) in [5.41, 5.74) is 8.17. The summed E-state index contributed by atoms with van der Waals surface area (Å²) in [6.45, 7) is 0. The fourth-order valence-corrected chi connectivity index (χ4v) is 2.68. The van der Waals surface area contributed by atoms with Crippen molar-refractivity contribution in [3.63, 3.8) is 0 Å². The Labute approximate surface area is 136 Å². The lowest BCUT2D eigenvalue weighted by Gasteiger charge is -2.13. The van der Waals surface area contributed by atoms with E-state index < -0.39 is 0 Å². The Morgan fingerprint density at radius 3 is 2.43 bits per heavy atom. The third-order valence-corrected chi connectivity index (χ3v) is 4.17. The molecule has 2 aromatic carbocycles. The number of benzene rings is 2. The van der Waals surface area contributed by atoms with E-state index in [1.54, 1.807) is 24.5 Å². The molecule has 3 nitrogen and oxygen atoms in total. The van der Waals surface area contributed by atoms with Crippen LogP contribution < -0.4 is 11.1 Å². The van der Waals surface area contributed by atoms with E-state index in [-0.39, 0.29) is 0 Å². The molecule has 0 aliphatic carbocycles. The molecule has 0 saturated carbocycles. The van der Waals surface area contributed by atoms with E-state index in [2.05, 4.69) is 10.3 Å². The minimum Gasteiger partial charge on any atom is -0.398 e. The first-order chi connectivity index (χ1) is 10.1. The highest BCUT2D eigenvalue weighted by atomic mass is 35.5. The lowest BCUT2D eigenvalue weighted by atomic mass is 10.1. The Bertz CT molecular complexity index is 834. The van der Waals surface area contributed by atoms with Crippen LogP contribution in [0.15, 0.2) is 42.7 Å². The average Bonchev–Trinajstić information content (AvgIpc) is 2.48. The van der Waals surface area contributed by atoms with Gasteiger partial charge in [0.2, 0.25) is 0 Å². The maximum Gasteiger partial charge on any atom is 0.0656 e. The summed E-state index contributed by atoms with van der Waals surface area (Å²) < 4.78 is 0. The quantitative estimate of drug-likeness (QED) is 0.478. The molecule has 0 saturated heterocycles. The summed E-state index contributed by atoms with van der Waals surface area (Å²) in [6, 6.07) is 8.89. The lowest BCUT2D eigenvalue weighted by Crippen LogP contribution is -1.95. The largest absolute Gasteiger partial charge is 0.398 e. The highest BCUT2D eigenvalue weighted by Crippen LogP contribution is 2.36. The van der Waals surface area contributed by atoms with Crippen LogP contribution in [0.4, 0.5) is 17.1 Å². The summed E-state index contributed by atoms with van der Waals surface area (Å²) in [4.78, 5) is 4.09. The van der Waals surface area contributed by atoms with Gasteiger partial charge in [0.1, 0.15) is 0 Å². The third-order valence-electron chi connectivity index (χ3n) is 3.13. The molecule has 3 rings (SSSR count). The molecule has 1 aromatic heterocycles. The molecule has 0 aliphatic rings. The average molecular weight is 339 g/mol. The molecule has 21 heavy (non-hydrogen) atoms. The van der Waals surface area contributed by atoms with Crippen molar-refractivity contribution in [3.8, 4) is 0 Å². The van der Waals surface area contributed by atoms with E-state index in [0.717, 1.165) is 16.5 Å². The second-order valence-electron chi connectivity index (χ2n) is 4.49. The van der Waals surface area contributed by atoms with E-state index in [0.29, 0.717) is 26.4 Å². The Hall–Kier alpha value is -1.68. The zero-order valence-corrected chi connectivity index (χ0v) is 13.0. The topological polar surface area (TPSA) is 50.9 Å². The number of nitrogens with two attached hydrogens (primary N) is 1. The van der Waals surface area contributed by atoms with E-state index in [1.807, 2.05) is 18.2 Å². The summed E-state index contributed by atoms with van der Waals surface area (Å²) in [5, 5.41) is 6.42. The molecule has 0 unspecified atom stereocenters. The summed E-state index contributed by atoms with van der Waals surface area (Å²) in [6.07, 6.45) is 3.44. The molecule has 0 amide bonds. The fourth-order valence-electron chi connectivity index (χ4n) is 2.08. The molecule has 106 valence electrons. The van der Waals surface area contributed by atoms with Gasteiger partial charge in [0.15, 0.2) is 0 Å². The van der Waals surface area contributed by atoms with Crippen LogP contribution in [0.1, 0.15) is 0 Å². The third kappa shape index (κ3) is 2.72. The van der Waals surface area contributed by atoms with Crippen molar-refractivity contribution in [3.05, 3.63) is 57.8 Å². The minimum atomic E-state index is 0.415. The van der Waals surface area contributed by atoms with Crippen LogP contribution in [0, 0.1) is 0 Å². The van der Waals surface area contributed by atoms with Gasteiger partial charge in [-0.05, 0) is 30.3 Å². The number of fused-ring (bicyclic) bond motifs is 1. The lowest BCUT2D eigenvalue weighted by molar-refractivity contribution is 1.36. The summed E-state index contributed by atoms with van der Waals surface area (Å²) in [5.74, 6) is 0. The number of hydrogen-bond donors (Lipinski definition) is 2. The van der Waals surface area contributed by atoms with Crippen LogP contribution in [0.5, 0.6) is 0 Å². The van der Waals surface area contributed by atoms with Crippen molar-refractivity contribution in [1.29, 1.82) is 0 Å². The van der Waals surface area contributed by atoms with Gasteiger partial charge >= 0.3 is 0 Å².